The summed E-state index contributed by atoms with van der Waals surface area (Å²) in [5, 5.41) is 3.42. The van der Waals surface area contributed by atoms with E-state index in [4.69, 9.17) is 9.47 Å². The molecule has 2 atom stereocenters. The third-order valence-electron chi connectivity index (χ3n) is 2.87. The molecule has 2 unspecified atom stereocenters. The van der Waals surface area contributed by atoms with Crippen LogP contribution in [0, 0.1) is 11.8 Å². The molecule has 0 aliphatic carbocycles. The predicted molar refractivity (Wildman–Crippen MR) is 64.2 cm³/mol. The molecule has 0 aromatic carbocycles. The molecule has 0 heterocycles. The van der Waals surface area contributed by atoms with Crippen molar-refractivity contribution < 1.29 is 9.47 Å². The van der Waals surface area contributed by atoms with Gasteiger partial charge in [0, 0.05) is 20.8 Å². The summed E-state index contributed by atoms with van der Waals surface area (Å²) in [6.45, 7) is 9.43. The van der Waals surface area contributed by atoms with Crippen LogP contribution in [0.2, 0.25) is 0 Å². The van der Waals surface area contributed by atoms with Gasteiger partial charge in [-0.25, -0.2) is 0 Å². The number of methoxy groups -OCH3 is 2. The predicted octanol–water partition coefficient (Wildman–Crippen LogP) is 1.92. The molecule has 0 aromatic rings. The van der Waals surface area contributed by atoms with Gasteiger partial charge < -0.3 is 14.8 Å². The Morgan fingerprint density at radius 3 is 2.27 bits per heavy atom. The Hall–Kier alpha value is -0.120. The summed E-state index contributed by atoms with van der Waals surface area (Å²) in [4.78, 5) is 0. The first-order chi connectivity index (χ1) is 7.11. The molecule has 0 fully saturated rings. The van der Waals surface area contributed by atoms with Crippen LogP contribution < -0.4 is 5.32 Å². The smallest absolute Gasteiger partial charge is 0.0587 e. The highest BCUT2D eigenvalue weighted by Crippen LogP contribution is 2.17. The van der Waals surface area contributed by atoms with E-state index in [9.17, 15) is 0 Å². The van der Waals surface area contributed by atoms with E-state index in [2.05, 4.69) is 26.1 Å². The second kappa shape index (κ2) is 9.13. The Labute approximate surface area is 94.5 Å². The summed E-state index contributed by atoms with van der Waals surface area (Å²) in [5.74, 6) is 1.37. The lowest BCUT2D eigenvalue weighted by Gasteiger charge is -2.24. The molecule has 0 radical (unpaired) electrons. The van der Waals surface area contributed by atoms with Gasteiger partial charge in [0.25, 0.3) is 0 Å². The Kier molecular flexibility index (Phi) is 9.06. The Bertz CT molecular complexity index is 140. The van der Waals surface area contributed by atoms with Gasteiger partial charge in [-0.2, -0.15) is 0 Å². The van der Waals surface area contributed by atoms with E-state index in [1.54, 1.807) is 14.2 Å². The van der Waals surface area contributed by atoms with Crippen molar-refractivity contribution in [3.8, 4) is 0 Å². The maximum atomic E-state index is 5.31. The van der Waals surface area contributed by atoms with Gasteiger partial charge in [0.15, 0.2) is 0 Å². The maximum Gasteiger partial charge on any atom is 0.0587 e. The molecule has 92 valence electrons. The van der Waals surface area contributed by atoms with Crippen molar-refractivity contribution >= 4 is 0 Å². The first-order valence-corrected chi connectivity index (χ1v) is 5.84. The topological polar surface area (TPSA) is 30.5 Å². The first-order valence-electron chi connectivity index (χ1n) is 5.84. The summed E-state index contributed by atoms with van der Waals surface area (Å²) >= 11 is 0. The van der Waals surface area contributed by atoms with Gasteiger partial charge in [0.05, 0.1) is 12.7 Å². The molecule has 0 aliphatic heterocycles. The molecule has 0 aliphatic rings. The van der Waals surface area contributed by atoms with E-state index in [1.807, 2.05) is 0 Å². The van der Waals surface area contributed by atoms with Crippen LogP contribution in [0.1, 0.15) is 27.2 Å². The standard InChI is InChI=1S/C12H27NO2/c1-10(2)12(8-11(3)15-5)9-13-6-7-14-4/h10-13H,6-9H2,1-5H3. The Balaban J connectivity index is 3.73. The molecule has 0 saturated carbocycles. The minimum Gasteiger partial charge on any atom is -0.383 e. The minimum absolute atomic E-state index is 0.349. The summed E-state index contributed by atoms with van der Waals surface area (Å²) in [5.41, 5.74) is 0. The summed E-state index contributed by atoms with van der Waals surface area (Å²) in [7, 11) is 3.51. The molecule has 15 heavy (non-hydrogen) atoms. The lowest BCUT2D eigenvalue weighted by Crippen LogP contribution is -2.31. The van der Waals surface area contributed by atoms with Crippen molar-refractivity contribution in [1.82, 2.24) is 5.32 Å². The zero-order chi connectivity index (χ0) is 11.7. The average molecular weight is 217 g/mol. The highest BCUT2D eigenvalue weighted by atomic mass is 16.5. The first kappa shape index (κ1) is 14.9. The van der Waals surface area contributed by atoms with Crippen LogP contribution in [0.4, 0.5) is 0 Å². The molecule has 0 amide bonds. The molecule has 3 heteroatoms. The molecular formula is C12H27NO2. The third-order valence-corrected chi connectivity index (χ3v) is 2.87. The quantitative estimate of drug-likeness (QED) is 0.599. The van der Waals surface area contributed by atoms with Crippen LogP contribution in [0.3, 0.4) is 0 Å². The minimum atomic E-state index is 0.349. The van der Waals surface area contributed by atoms with Crippen molar-refractivity contribution in [1.29, 1.82) is 0 Å². The molecule has 3 nitrogen and oxygen atoms in total. The summed E-state index contributed by atoms with van der Waals surface area (Å²) < 4.78 is 10.3. The van der Waals surface area contributed by atoms with Crippen molar-refractivity contribution in [2.75, 3.05) is 33.9 Å². The highest BCUT2D eigenvalue weighted by Gasteiger charge is 2.16. The van der Waals surface area contributed by atoms with Crippen molar-refractivity contribution in [2.45, 2.75) is 33.3 Å². The van der Waals surface area contributed by atoms with Crippen molar-refractivity contribution in [3.05, 3.63) is 0 Å². The van der Waals surface area contributed by atoms with Crippen LogP contribution in [-0.4, -0.2) is 40.0 Å². The number of ether oxygens (including phenoxy) is 2. The van der Waals surface area contributed by atoms with Gasteiger partial charge in [-0.1, -0.05) is 13.8 Å². The van der Waals surface area contributed by atoms with E-state index >= 15 is 0 Å². The second-order valence-electron chi connectivity index (χ2n) is 4.48. The van der Waals surface area contributed by atoms with E-state index < -0.39 is 0 Å². The Morgan fingerprint density at radius 2 is 1.80 bits per heavy atom. The number of hydrogen-bond acceptors (Lipinski definition) is 3. The SMILES string of the molecule is COCCNCC(CC(C)OC)C(C)C. The fraction of sp³-hybridized carbons (Fsp3) is 1.00. The third kappa shape index (κ3) is 7.77. The molecule has 0 bridgehead atoms. The van der Waals surface area contributed by atoms with Crippen LogP contribution >= 0.6 is 0 Å². The zero-order valence-electron chi connectivity index (χ0n) is 10.9. The lowest BCUT2D eigenvalue weighted by molar-refractivity contribution is 0.0858. The van der Waals surface area contributed by atoms with Gasteiger partial charge in [0.1, 0.15) is 0 Å². The van der Waals surface area contributed by atoms with E-state index in [1.165, 1.54) is 0 Å². The molecule has 0 spiro atoms. The summed E-state index contributed by atoms with van der Waals surface area (Å²) in [6, 6.07) is 0. The molecular weight excluding hydrogens is 190 g/mol. The number of rotatable bonds is 9. The van der Waals surface area contributed by atoms with Crippen LogP contribution in [-0.2, 0) is 9.47 Å². The average Bonchev–Trinajstić information content (AvgIpc) is 2.21. The van der Waals surface area contributed by atoms with Crippen LogP contribution in [0.15, 0.2) is 0 Å². The van der Waals surface area contributed by atoms with Crippen LogP contribution in [0.25, 0.3) is 0 Å². The van der Waals surface area contributed by atoms with E-state index in [0.29, 0.717) is 17.9 Å². The van der Waals surface area contributed by atoms with Crippen LogP contribution in [0.5, 0.6) is 0 Å². The van der Waals surface area contributed by atoms with Crippen molar-refractivity contribution in [3.63, 3.8) is 0 Å². The molecule has 0 rings (SSSR count). The van der Waals surface area contributed by atoms with Crippen molar-refractivity contribution in [2.24, 2.45) is 11.8 Å². The molecule has 0 aromatic heterocycles. The van der Waals surface area contributed by atoms with Gasteiger partial charge in [0.2, 0.25) is 0 Å². The Morgan fingerprint density at radius 1 is 1.13 bits per heavy atom. The zero-order valence-corrected chi connectivity index (χ0v) is 10.9. The molecule has 1 N–H and O–H groups in total. The van der Waals surface area contributed by atoms with Gasteiger partial charge >= 0.3 is 0 Å². The fourth-order valence-electron chi connectivity index (χ4n) is 1.58. The number of hydrogen-bond donors (Lipinski definition) is 1. The van der Waals surface area contributed by atoms with Gasteiger partial charge in [-0.3, -0.25) is 0 Å². The lowest BCUT2D eigenvalue weighted by atomic mass is 9.90. The van der Waals surface area contributed by atoms with Gasteiger partial charge in [-0.05, 0) is 31.7 Å². The highest BCUT2D eigenvalue weighted by molar-refractivity contribution is 4.69. The second-order valence-corrected chi connectivity index (χ2v) is 4.48. The van der Waals surface area contributed by atoms with E-state index in [-0.39, 0.29) is 0 Å². The van der Waals surface area contributed by atoms with E-state index in [0.717, 1.165) is 26.1 Å². The monoisotopic (exact) mass is 217 g/mol. The summed E-state index contributed by atoms with van der Waals surface area (Å²) in [6.07, 6.45) is 1.47. The fourth-order valence-corrected chi connectivity index (χ4v) is 1.58. The maximum absolute atomic E-state index is 5.31. The molecule has 0 saturated heterocycles. The number of nitrogens with one attached hydrogen (secondary N) is 1. The largest absolute Gasteiger partial charge is 0.383 e. The van der Waals surface area contributed by atoms with Gasteiger partial charge in [-0.15, -0.1) is 0 Å². The normalized spacial score (nSPS) is 15.6.